The molecule has 1 aromatic rings. The van der Waals surface area contributed by atoms with Gasteiger partial charge in [0.2, 0.25) is 0 Å². The zero-order chi connectivity index (χ0) is 12.3. The maximum Gasteiger partial charge on any atom is 0.410 e. The molecule has 0 bridgehead atoms. The minimum Gasteiger partial charge on any atom is -0.444 e. The van der Waals surface area contributed by atoms with Gasteiger partial charge in [0.25, 0.3) is 0 Å². The van der Waals surface area contributed by atoms with E-state index in [4.69, 9.17) is 4.74 Å². The van der Waals surface area contributed by atoms with E-state index in [9.17, 15) is 4.79 Å². The van der Waals surface area contributed by atoms with Crippen LogP contribution in [0.3, 0.4) is 0 Å². The zero-order valence-corrected chi connectivity index (χ0v) is 10.4. The van der Waals surface area contributed by atoms with E-state index in [-0.39, 0.29) is 6.09 Å². The highest BCUT2D eigenvalue weighted by Crippen LogP contribution is 2.10. The van der Waals surface area contributed by atoms with E-state index in [2.05, 4.69) is 10.3 Å². The van der Waals surface area contributed by atoms with Crippen LogP contribution in [0, 0.1) is 0 Å². The number of hydrogen-bond acceptors (Lipinski definition) is 4. The quantitative estimate of drug-likeness (QED) is 0.759. The Morgan fingerprint density at radius 2 is 2.19 bits per heavy atom. The van der Waals surface area contributed by atoms with Crippen LogP contribution in [0.25, 0.3) is 0 Å². The smallest absolute Gasteiger partial charge is 0.410 e. The Morgan fingerprint density at radius 1 is 1.56 bits per heavy atom. The fourth-order valence-electron chi connectivity index (χ4n) is 1.10. The highest BCUT2D eigenvalue weighted by atomic mass is 16.6. The number of carbonyl (C=O) groups is 1. The molecule has 0 radical (unpaired) electrons. The van der Waals surface area contributed by atoms with E-state index in [0.717, 1.165) is 5.69 Å². The predicted molar refractivity (Wildman–Crippen MR) is 58.7 cm³/mol. The number of carbonyl (C=O) groups excluding carboxylic acids is 1. The Labute approximate surface area is 95.2 Å². The summed E-state index contributed by atoms with van der Waals surface area (Å²) >= 11 is 0. The molecule has 0 saturated carbocycles. The summed E-state index contributed by atoms with van der Waals surface area (Å²) in [5.74, 6) is 0. The number of hydrogen-bond donors (Lipinski definition) is 0. The Balaban J connectivity index is 2.56. The summed E-state index contributed by atoms with van der Waals surface area (Å²) in [5, 5.41) is 7.53. The Kier molecular flexibility index (Phi) is 3.51. The van der Waals surface area contributed by atoms with Crippen molar-refractivity contribution in [3.63, 3.8) is 0 Å². The van der Waals surface area contributed by atoms with Crippen molar-refractivity contribution in [1.29, 1.82) is 0 Å². The molecule has 1 rings (SSSR count). The number of aromatic nitrogens is 3. The second-order valence-corrected chi connectivity index (χ2v) is 4.69. The molecule has 1 amide bonds. The maximum absolute atomic E-state index is 11.6. The average molecular weight is 226 g/mol. The monoisotopic (exact) mass is 226 g/mol. The van der Waals surface area contributed by atoms with Crippen molar-refractivity contribution in [1.82, 2.24) is 19.9 Å². The van der Waals surface area contributed by atoms with Crippen LogP contribution in [0.2, 0.25) is 0 Å². The molecule has 0 spiro atoms. The number of ether oxygens (including phenoxy) is 1. The lowest BCUT2D eigenvalue weighted by Crippen LogP contribution is -2.34. The van der Waals surface area contributed by atoms with E-state index in [1.165, 1.54) is 4.90 Å². The molecule has 0 unspecified atom stereocenters. The van der Waals surface area contributed by atoms with Crippen LogP contribution >= 0.6 is 0 Å². The van der Waals surface area contributed by atoms with Crippen LogP contribution in [0.15, 0.2) is 6.20 Å². The van der Waals surface area contributed by atoms with Crippen molar-refractivity contribution in [3.8, 4) is 0 Å². The van der Waals surface area contributed by atoms with Crippen molar-refractivity contribution < 1.29 is 9.53 Å². The van der Waals surface area contributed by atoms with Gasteiger partial charge in [-0.05, 0) is 20.8 Å². The molecule has 1 heterocycles. The van der Waals surface area contributed by atoms with E-state index in [1.807, 2.05) is 20.8 Å². The molecule has 0 aromatic carbocycles. The Hall–Kier alpha value is -1.59. The van der Waals surface area contributed by atoms with Crippen LogP contribution in [0.4, 0.5) is 4.79 Å². The molecule has 6 nitrogen and oxygen atoms in total. The standard InChI is InChI=1S/C10H18N4O2/c1-10(2,3)16-9(15)13(4)7-8-6-11-12-14(8)5/h6H,7H2,1-5H3. The second-order valence-electron chi connectivity index (χ2n) is 4.69. The molecule has 0 aliphatic rings. The number of amides is 1. The summed E-state index contributed by atoms with van der Waals surface area (Å²) in [6.45, 7) is 5.94. The first kappa shape index (κ1) is 12.5. The van der Waals surface area contributed by atoms with Gasteiger partial charge in [-0.1, -0.05) is 5.21 Å². The van der Waals surface area contributed by atoms with Crippen molar-refractivity contribution >= 4 is 6.09 Å². The summed E-state index contributed by atoms with van der Waals surface area (Å²) in [7, 11) is 3.46. The van der Waals surface area contributed by atoms with Crippen molar-refractivity contribution in [2.24, 2.45) is 7.05 Å². The lowest BCUT2D eigenvalue weighted by molar-refractivity contribution is 0.0281. The fraction of sp³-hybridized carbons (Fsp3) is 0.700. The normalized spacial score (nSPS) is 11.3. The summed E-state index contributed by atoms with van der Waals surface area (Å²) < 4.78 is 6.85. The minimum absolute atomic E-state index is 0.353. The first-order valence-electron chi connectivity index (χ1n) is 5.07. The van der Waals surface area contributed by atoms with Crippen LogP contribution in [-0.2, 0) is 18.3 Å². The first-order chi connectivity index (χ1) is 7.29. The van der Waals surface area contributed by atoms with E-state index < -0.39 is 5.60 Å². The molecule has 0 N–H and O–H groups in total. The van der Waals surface area contributed by atoms with Crippen molar-refractivity contribution in [3.05, 3.63) is 11.9 Å². The van der Waals surface area contributed by atoms with Crippen LogP contribution in [0.5, 0.6) is 0 Å². The predicted octanol–water partition coefficient (Wildman–Crippen LogP) is 1.18. The van der Waals surface area contributed by atoms with Gasteiger partial charge in [-0.2, -0.15) is 0 Å². The fourth-order valence-corrected chi connectivity index (χ4v) is 1.10. The molecule has 0 aliphatic carbocycles. The number of rotatable bonds is 2. The molecule has 16 heavy (non-hydrogen) atoms. The van der Waals surface area contributed by atoms with Gasteiger partial charge < -0.3 is 9.64 Å². The van der Waals surface area contributed by atoms with Gasteiger partial charge in [0.05, 0.1) is 18.4 Å². The minimum atomic E-state index is -0.476. The van der Waals surface area contributed by atoms with E-state index in [1.54, 1.807) is 25.0 Å². The lowest BCUT2D eigenvalue weighted by atomic mass is 10.2. The van der Waals surface area contributed by atoms with Crippen molar-refractivity contribution in [2.45, 2.75) is 32.9 Å². The van der Waals surface area contributed by atoms with Crippen LogP contribution in [-0.4, -0.2) is 38.6 Å². The van der Waals surface area contributed by atoms with Crippen LogP contribution < -0.4 is 0 Å². The third kappa shape index (κ3) is 3.52. The van der Waals surface area contributed by atoms with Crippen LogP contribution in [0.1, 0.15) is 26.5 Å². The second kappa shape index (κ2) is 4.51. The molecule has 0 fully saturated rings. The largest absolute Gasteiger partial charge is 0.444 e. The average Bonchev–Trinajstić information content (AvgIpc) is 2.49. The Bertz CT molecular complexity index is 367. The van der Waals surface area contributed by atoms with Gasteiger partial charge in [0.1, 0.15) is 5.60 Å². The highest BCUT2D eigenvalue weighted by molar-refractivity contribution is 5.67. The van der Waals surface area contributed by atoms with Gasteiger partial charge in [-0.3, -0.25) is 4.68 Å². The third-order valence-electron chi connectivity index (χ3n) is 1.91. The lowest BCUT2D eigenvalue weighted by Gasteiger charge is -2.24. The van der Waals surface area contributed by atoms with Gasteiger partial charge in [0, 0.05) is 14.1 Å². The molecule has 90 valence electrons. The summed E-state index contributed by atoms with van der Waals surface area (Å²) in [5.41, 5.74) is 0.379. The topological polar surface area (TPSA) is 60.2 Å². The number of aryl methyl sites for hydroxylation is 1. The molecular weight excluding hydrogens is 208 g/mol. The molecule has 6 heteroatoms. The molecule has 0 atom stereocenters. The molecule has 0 aliphatic heterocycles. The van der Waals surface area contributed by atoms with Gasteiger partial charge in [-0.15, -0.1) is 5.10 Å². The summed E-state index contributed by atoms with van der Waals surface area (Å²) in [6, 6.07) is 0. The maximum atomic E-state index is 11.6. The van der Waals surface area contributed by atoms with Gasteiger partial charge in [0.15, 0.2) is 0 Å². The third-order valence-corrected chi connectivity index (χ3v) is 1.91. The van der Waals surface area contributed by atoms with E-state index >= 15 is 0 Å². The summed E-state index contributed by atoms with van der Waals surface area (Å²) in [4.78, 5) is 13.1. The molecule has 0 saturated heterocycles. The van der Waals surface area contributed by atoms with E-state index in [0.29, 0.717) is 6.54 Å². The van der Waals surface area contributed by atoms with Crippen molar-refractivity contribution in [2.75, 3.05) is 7.05 Å². The molecular formula is C10H18N4O2. The summed E-state index contributed by atoms with van der Waals surface area (Å²) in [6.07, 6.45) is 1.27. The first-order valence-corrected chi connectivity index (χ1v) is 5.07. The SMILES string of the molecule is CN(Cc1cnnn1C)C(=O)OC(C)(C)C. The van der Waals surface area contributed by atoms with Gasteiger partial charge in [-0.25, -0.2) is 4.79 Å². The zero-order valence-electron chi connectivity index (χ0n) is 10.4. The Morgan fingerprint density at radius 3 is 2.62 bits per heavy atom. The highest BCUT2D eigenvalue weighted by Gasteiger charge is 2.20. The number of nitrogens with zero attached hydrogens (tertiary/aromatic N) is 4. The van der Waals surface area contributed by atoms with Gasteiger partial charge >= 0.3 is 6.09 Å². The molecule has 1 aromatic heterocycles.